The number of carbonyl (C=O) groups is 2. The first-order valence-corrected chi connectivity index (χ1v) is 7.74. The second-order valence-electron chi connectivity index (χ2n) is 3.96. The number of esters is 1. The van der Waals surface area contributed by atoms with E-state index in [0.717, 1.165) is 0 Å². The minimum absolute atomic E-state index is 0.0921. The van der Waals surface area contributed by atoms with Gasteiger partial charge < -0.3 is 9.47 Å². The average molecular weight is 300 g/mol. The zero-order chi connectivity index (χ0) is 15.2. The Balaban J connectivity index is 2.82. The number of hydrogen-bond donors (Lipinski definition) is 0. The van der Waals surface area contributed by atoms with Crippen LogP contribution in [0.5, 0.6) is 5.75 Å². The highest BCUT2D eigenvalue weighted by atomic mass is 32.2. The molecule has 0 aromatic heterocycles. The smallest absolute Gasteiger partial charge is 0.321 e. The van der Waals surface area contributed by atoms with Crippen molar-refractivity contribution in [1.82, 2.24) is 0 Å². The van der Waals surface area contributed by atoms with Crippen LogP contribution in [0.4, 0.5) is 0 Å². The highest BCUT2D eigenvalue weighted by Gasteiger charge is 2.23. The fraction of sp³-hybridized carbons (Fsp3) is 0.385. The van der Waals surface area contributed by atoms with E-state index in [-0.39, 0.29) is 12.2 Å². The van der Waals surface area contributed by atoms with Crippen molar-refractivity contribution in [2.75, 3.05) is 25.2 Å². The van der Waals surface area contributed by atoms with Gasteiger partial charge in [0.05, 0.1) is 19.3 Å². The van der Waals surface area contributed by atoms with Gasteiger partial charge in [-0.25, -0.2) is 8.42 Å². The minimum atomic E-state index is -3.86. The first-order chi connectivity index (χ1) is 9.39. The number of methoxy groups -OCH3 is 1. The number of para-hydroxylation sites is 1. The van der Waals surface area contributed by atoms with E-state index in [1.807, 2.05) is 0 Å². The Kier molecular flexibility index (Phi) is 5.69. The zero-order valence-corrected chi connectivity index (χ0v) is 12.1. The van der Waals surface area contributed by atoms with Gasteiger partial charge in [-0.2, -0.15) is 0 Å². The first kappa shape index (κ1) is 16.2. The SMILES string of the molecule is CCOC(=O)CS(=O)(=O)CC(=O)c1ccccc1OC. The summed E-state index contributed by atoms with van der Waals surface area (Å²) >= 11 is 0. The van der Waals surface area contributed by atoms with E-state index in [9.17, 15) is 18.0 Å². The van der Waals surface area contributed by atoms with Gasteiger partial charge >= 0.3 is 5.97 Å². The highest BCUT2D eigenvalue weighted by Crippen LogP contribution is 2.18. The van der Waals surface area contributed by atoms with Crippen LogP contribution in [0, 0.1) is 0 Å². The summed E-state index contributed by atoms with van der Waals surface area (Å²) in [7, 11) is -2.47. The Morgan fingerprint density at radius 1 is 1.15 bits per heavy atom. The molecule has 0 radical (unpaired) electrons. The van der Waals surface area contributed by atoms with Crippen LogP contribution >= 0.6 is 0 Å². The van der Waals surface area contributed by atoms with Gasteiger partial charge in [-0.3, -0.25) is 9.59 Å². The molecule has 1 aromatic carbocycles. The predicted octanol–water partition coefficient (Wildman–Crippen LogP) is 0.856. The van der Waals surface area contributed by atoms with Crippen molar-refractivity contribution in [1.29, 1.82) is 0 Å². The lowest BCUT2D eigenvalue weighted by Gasteiger charge is -2.07. The van der Waals surface area contributed by atoms with Gasteiger partial charge in [0.1, 0.15) is 17.3 Å². The van der Waals surface area contributed by atoms with Crippen molar-refractivity contribution in [2.45, 2.75) is 6.92 Å². The van der Waals surface area contributed by atoms with Crippen molar-refractivity contribution >= 4 is 21.6 Å². The van der Waals surface area contributed by atoms with Crippen LogP contribution in [0.1, 0.15) is 17.3 Å². The predicted molar refractivity (Wildman–Crippen MR) is 72.6 cm³/mol. The maximum Gasteiger partial charge on any atom is 0.321 e. The Labute approximate surface area is 117 Å². The van der Waals surface area contributed by atoms with E-state index in [0.29, 0.717) is 5.75 Å². The molecule has 0 aliphatic carbocycles. The number of ether oxygens (including phenoxy) is 2. The zero-order valence-electron chi connectivity index (χ0n) is 11.3. The van der Waals surface area contributed by atoms with E-state index in [4.69, 9.17) is 4.74 Å². The Morgan fingerprint density at radius 3 is 2.40 bits per heavy atom. The van der Waals surface area contributed by atoms with Crippen molar-refractivity contribution < 1.29 is 27.5 Å². The average Bonchev–Trinajstić information content (AvgIpc) is 2.37. The summed E-state index contributed by atoms with van der Waals surface area (Å²) in [6.07, 6.45) is 0. The van der Waals surface area contributed by atoms with Crippen molar-refractivity contribution in [2.24, 2.45) is 0 Å². The van der Waals surface area contributed by atoms with Crippen LogP contribution in [0.3, 0.4) is 0 Å². The summed E-state index contributed by atoms with van der Waals surface area (Å²) in [5.74, 6) is -2.75. The molecular weight excluding hydrogens is 284 g/mol. The summed E-state index contributed by atoms with van der Waals surface area (Å²) in [6.45, 7) is 1.67. The summed E-state index contributed by atoms with van der Waals surface area (Å²) in [5.41, 5.74) is 0.169. The number of carbonyl (C=O) groups excluding carboxylic acids is 2. The minimum Gasteiger partial charge on any atom is -0.496 e. The van der Waals surface area contributed by atoms with Crippen LogP contribution in [0.25, 0.3) is 0 Å². The van der Waals surface area contributed by atoms with E-state index < -0.39 is 33.1 Å². The number of hydrogen-bond acceptors (Lipinski definition) is 6. The number of benzene rings is 1. The quantitative estimate of drug-likeness (QED) is 0.548. The molecule has 0 heterocycles. The molecule has 0 aliphatic rings. The lowest BCUT2D eigenvalue weighted by molar-refractivity contribution is -0.139. The van der Waals surface area contributed by atoms with E-state index >= 15 is 0 Å². The molecule has 6 nitrogen and oxygen atoms in total. The molecule has 0 aliphatic heterocycles. The molecule has 0 amide bonds. The van der Waals surface area contributed by atoms with Crippen LogP contribution in [-0.2, 0) is 19.4 Å². The normalized spacial score (nSPS) is 10.9. The van der Waals surface area contributed by atoms with Crippen LogP contribution in [0.15, 0.2) is 24.3 Å². The van der Waals surface area contributed by atoms with Crippen molar-refractivity contribution in [3.05, 3.63) is 29.8 Å². The third kappa shape index (κ3) is 4.65. The molecule has 0 spiro atoms. The molecule has 7 heteroatoms. The summed E-state index contributed by atoms with van der Waals surface area (Å²) in [4.78, 5) is 23.1. The molecule has 0 saturated carbocycles. The molecule has 110 valence electrons. The van der Waals surface area contributed by atoms with E-state index in [1.165, 1.54) is 13.2 Å². The second kappa shape index (κ2) is 7.04. The Morgan fingerprint density at radius 2 is 1.80 bits per heavy atom. The molecule has 0 bridgehead atoms. The van der Waals surface area contributed by atoms with Crippen molar-refractivity contribution in [3.63, 3.8) is 0 Å². The number of sulfone groups is 1. The third-order valence-electron chi connectivity index (χ3n) is 2.40. The topological polar surface area (TPSA) is 86.7 Å². The highest BCUT2D eigenvalue weighted by molar-refractivity contribution is 7.92. The van der Waals surface area contributed by atoms with Gasteiger partial charge in [0.2, 0.25) is 0 Å². The maximum absolute atomic E-state index is 12.0. The molecular formula is C13H16O6S. The van der Waals surface area contributed by atoms with Gasteiger partial charge in [-0.05, 0) is 19.1 Å². The Hall–Kier alpha value is -1.89. The fourth-order valence-electron chi connectivity index (χ4n) is 1.59. The molecule has 0 N–H and O–H groups in total. The monoisotopic (exact) mass is 300 g/mol. The molecule has 0 saturated heterocycles. The molecule has 0 fully saturated rings. The lowest BCUT2D eigenvalue weighted by atomic mass is 10.1. The standard InChI is InChI=1S/C13H16O6S/c1-3-19-13(15)9-20(16,17)8-11(14)10-6-4-5-7-12(10)18-2/h4-7H,3,8-9H2,1-2H3. The molecule has 1 rings (SSSR count). The second-order valence-corrected chi connectivity index (χ2v) is 6.03. The summed E-state index contributed by atoms with van der Waals surface area (Å²) in [5, 5.41) is 0. The molecule has 0 atom stereocenters. The van der Waals surface area contributed by atoms with Gasteiger partial charge in [0, 0.05) is 0 Å². The third-order valence-corrected chi connectivity index (χ3v) is 3.78. The Bertz CT molecular complexity index is 591. The summed E-state index contributed by atoms with van der Waals surface area (Å²) in [6, 6.07) is 6.31. The van der Waals surface area contributed by atoms with Gasteiger partial charge in [0.25, 0.3) is 0 Å². The van der Waals surface area contributed by atoms with Crippen LogP contribution in [0.2, 0.25) is 0 Å². The van der Waals surface area contributed by atoms with Crippen molar-refractivity contribution in [3.8, 4) is 5.75 Å². The van der Waals surface area contributed by atoms with Gasteiger partial charge in [-0.15, -0.1) is 0 Å². The summed E-state index contributed by atoms with van der Waals surface area (Å²) < 4.78 is 33.0. The molecule has 0 unspecified atom stereocenters. The number of rotatable bonds is 7. The molecule has 20 heavy (non-hydrogen) atoms. The lowest BCUT2D eigenvalue weighted by Crippen LogP contribution is -2.25. The van der Waals surface area contributed by atoms with Crippen LogP contribution < -0.4 is 4.74 Å². The largest absolute Gasteiger partial charge is 0.496 e. The molecule has 1 aromatic rings. The fourth-order valence-corrected chi connectivity index (χ4v) is 2.69. The number of Topliss-reactive ketones (excluding diaryl/α,β-unsaturated/α-hetero) is 1. The van der Waals surface area contributed by atoms with Gasteiger partial charge in [0.15, 0.2) is 15.6 Å². The number of ketones is 1. The van der Waals surface area contributed by atoms with Gasteiger partial charge in [-0.1, -0.05) is 12.1 Å². The van der Waals surface area contributed by atoms with E-state index in [1.54, 1.807) is 25.1 Å². The van der Waals surface area contributed by atoms with E-state index in [2.05, 4.69) is 4.74 Å². The van der Waals surface area contributed by atoms with Crippen LogP contribution in [-0.4, -0.2) is 45.4 Å². The maximum atomic E-state index is 12.0. The first-order valence-electron chi connectivity index (χ1n) is 5.92.